The average molecular weight is 382 g/mol. The standard InChI is InChI=1S/C18H17Cl2NO4/c1-10-6-11(2)17(14(20)7-10)21-16(22)9-25-18(23)13-8-12(19)4-5-15(13)24-3/h4-8H,9H2,1-3H3,(H,21,22). The van der Waals surface area contributed by atoms with Gasteiger partial charge in [0, 0.05) is 5.02 Å². The topological polar surface area (TPSA) is 64.6 Å². The quantitative estimate of drug-likeness (QED) is 0.778. The SMILES string of the molecule is COc1ccc(Cl)cc1C(=O)OCC(=O)Nc1c(C)cc(C)cc1Cl. The molecule has 0 fully saturated rings. The van der Waals surface area contributed by atoms with E-state index >= 15 is 0 Å². The summed E-state index contributed by atoms with van der Waals surface area (Å²) in [5.74, 6) is -0.892. The van der Waals surface area contributed by atoms with E-state index in [-0.39, 0.29) is 5.56 Å². The number of halogens is 2. The predicted molar refractivity (Wildman–Crippen MR) is 97.8 cm³/mol. The number of nitrogens with one attached hydrogen (secondary N) is 1. The van der Waals surface area contributed by atoms with E-state index in [1.54, 1.807) is 18.2 Å². The molecule has 7 heteroatoms. The van der Waals surface area contributed by atoms with Crippen LogP contribution < -0.4 is 10.1 Å². The minimum Gasteiger partial charge on any atom is -0.496 e. The van der Waals surface area contributed by atoms with Gasteiger partial charge in [0.1, 0.15) is 11.3 Å². The maximum atomic E-state index is 12.1. The zero-order valence-corrected chi connectivity index (χ0v) is 15.5. The Morgan fingerprint density at radius 2 is 1.84 bits per heavy atom. The summed E-state index contributed by atoms with van der Waals surface area (Å²) in [5, 5.41) is 3.43. The summed E-state index contributed by atoms with van der Waals surface area (Å²) < 4.78 is 10.1. The maximum absolute atomic E-state index is 12.1. The van der Waals surface area contributed by atoms with Crippen molar-refractivity contribution in [2.45, 2.75) is 13.8 Å². The first-order valence-electron chi connectivity index (χ1n) is 7.39. The smallest absolute Gasteiger partial charge is 0.342 e. The Hall–Kier alpha value is -2.24. The highest BCUT2D eigenvalue weighted by atomic mass is 35.5. The van der Waals surface area contributed by atoms with Gasteiger partial charge in [0.05, 0.1) is 17.8 Å². The van der Waals surface area contributed by atoms with Crippen LogP contribution in [-0.4, -0.2) is 25.6 Å². The number of carbonyl (C=O) groups is 2. The summed E-state index contributed by atoms with van der Waals surface area (Å²) in [6.45, 7) is 3.28. The summed E-state index contributed by atoms with van der Waals surface area (Å²) in [4.78, 5) is 24.2. The van der Waals surface area contributed by atoms with E-state index < -0.39 is 18.5 Å². The van der Waals surface area contributed by atoms with Crippen LogP contribution in [0.25, 0.3) is 0 Å². The molecule has 0 aliphatic carbocycles. The molecule has 0 unspecified atom stereocenters. The molecule has 0 aromatic heterocycles. The number of anilines is 1. The van der Waals surface area contributed by atoms with Crippen molar-refractivity contribution >= 4 is 40.8 Å². The monoisotopic (exact) mass is 381 g/mol. The second kappa shape index (κ2) is 8.23. The highest BCUT2D eigenvalue weighted by Gasteiger charge is 2.17. The number of methoxy groups -OCH3 is 1. The number of carbonyl (C=O) groups excluding carboxylic acids is 2. The van der Waals surface area contributed by atoms with Gasteiger partial charge in [-0.3, -0.25) is 4.79 Å². The molecule has 5 nitrogen and oxygen atoms in total. The molecular weight excluding hydrogens is 365 g/mol. The van der Waals surface area contributed by atoms with Gasteiger partial charge < -0.3 is 14.8 Å². The van der Waals surface area contributed by atoms with E-state index in [0.717, 1.165) is 11.1 Å². The van der Waals surface area contributed by atoms with Gasteiger partial charge in [0.25, 0.3) is 5.91 Å². The van der Waals surface area contributed by atoms with Crippen LogP contribution in [0.3, 0.4) is 0 Å². The molecule has 0 spiro atoms. The first-order chi connectivity index (χ1) is 11.8. The normalized spacial score (nSPS) is 10.3. The van der Waals surface area contributed by atoms with Crippen LogP contribution in [0, 0.1) is 13.8 Å². The van der Waals surface area contributed by atoms with E-state index in [1.807, 2.05) is 19.9 Å². The number of esters is 1. The van der Waals surface area contributed by atoms with Crippen molar-refractivity contribution < 1.29 is 19.1 Å². The lowest BCUT2D eigenvalue weighted by atomic mass is 10.1. The molecule has 0 atom stereocenters. The molecule has 0 saturated carbocycles. The predicted octanol–water partition coefficient (Wildman–Crippen LogP) is 4.41. The van der Waals surface area contributed by atoms with Crippen molar-refractivity contribution in [2.24, 2.45) is 0 Å². The van der Waals surface area contributed by atoms with Crippen LogP contribution in [0.4, 0.5) is 5.69 Å². The molecule has 2 aromatic rings. The second-order valence-electron chi connectivity index (χ2n) is 5.41. The zero-order valence-electron chi connectivity index (χ0n) is 14.0. The molecule has 0 saturated heterocycles. The average Bonchev–Trinajstić information content (AvgIpc) is 2.55. The lowest BCUT2D eigenvalue weighted by molar-refractivity contribution is -0.119. The summed E-state index contributed by atoms with van der Waals surface area (Å²) in [6, 6.07) is 8.19. The van der Waals surface area contributed by atoms with Crippen LogP contribution in [-0.2, 0) is 9.53 Å². The lowest BCUT2D eigenvalue weighted by Crippen LogP contribution is -2.21. The highest BCUT2D eigenvalue weighted by molar-refractivity contribution is 6.34. The number of hydrogen-bond acceptors (Lipinski definition) is 4. The Kier molecular flexibility index (Phi) is 6.28. The summed E-state index contributed by atoms with van der Waals surface area (Å²) in [6.07, 6.45) is 0. The molecular formula is C18H17Cl2NO4. The minimum atomic E-state index is -0.707. The fraction of sp³-hybridized carbons (Fsp3) is 0.222. The van der Waals surface area contributed by atoms with Crippen LogP contribution in [0.1, 0.15) is 21.5 Å². The number of hydrogen-bond donors (Lipinski definition) is 1. The summed E-state index contributed by atoms with van der Waals surface area (Å²) >= 11 is 12.0. The Balaban J connectivity index is 2.03. The van der Waals surface area contributed by atoms with Gasteiger partial charge in [-0.2, -0.15) is 0 Å². The zero-order chi connectivity index (χ0) is 18.6. The van der Waals surface area contributed by atoms with Gasteiger partial charge in [-0.05, 0) is 49.2 Å². The van der Waals surface area contributed by atoms with Crippen LogP contribution in [0.2, 0.25) is 10.0 Å². The van der Waals surface area contributed by atoms with E-state index in [2.05, 4.69) is 5.32 Å². The third-order valence-corrected chi connectivity index (χ3v) is 3.95. The van der Waals surface area contributed by atoms with Crippen LogP contribution in [0.15, 0.2) is 30.3 Å². The number of amides is 1. The molecule has 0 aliphatic rings. The van der Waals surface area contributed by atoms with E-state index in [0.29, 0.717) is 21.5 Å². The van der Waals surface area contributed by atoms with Crippen molar-refractivity contribution in [3.63, 3.8) is 0 Å². The minimum absolute atomic E-state index is 0.146. The van der Waals surface area contributed by atoms with Crippen LogP contribution >= 0.6 is 23.2 Å². The van der Waals surface area contributed by atoms with Crippen molar-refractivity contribution in [1.82, 2.24) is 0 Å². The molecule has 0 bridgehead atoms. The highest BCUT2D eigenvalue weighted by Crippen LogP contribution is 2.27. The number of aryl methyl sites for hydroxylation is 2. The summed E-state index contributed by atoms with van der Waals surface area (Å²) in [7, 11) is 1.43. The first-order valence-corrected chi connectivity index (χ1v) is 8.14. The van der Waals surface area contributed by atoms with Gasteiger partial charge in [0.15, 0.2) is 6.61 Å². The Labute approximate surface area is 155 Å². The third kappa shape index (κ3) is 4.87. The van der Waals surface area contributed by atoms with Gasteiger partial charge in [-0.1, -0.05) is 29.3 Å². The summed E-state index contributed by atoms with van der Waals surface area (Å²) in [5.41, 5.74) is 2.45. The number of benzene rings is 2. The number of rotatable bonds is 5. The molecule has 2 aromatic carbocycles. The Bertz CT molecular complexity index is 798. The molecule has 0 heterocycles. The van der Waals surface area contributed by atoms with Crippen molar-refractivity contribution in [2.75, 3.05) is 19.0 Å². The Morgan fingerprint density at radius 3 is 2.48 bits per heavy atom. The van der Waals surface area contributed by atoms with Crippen molar-refractivity contribution in [3.8, 4) is 5.75 Å². The van der Waals surface area contributed by atoms with Gasteiger partial charge in [0.2, 0.25) is 0 Å². The molecule has 2 rings (SSSR count). The maximum Gasteiger partial charge on any atom is 0.342 e. The molecule has 1 amide bonds. The number of ether oxygens (including phenoxy) is 2. The Morgan fingerprint density at radius 1 is 1.12 bits per heavy atom. The molecule has 0 aliphatic heterocycles. The van der Waals surface area contributed by atoms with E-state index in [4.69, 9.17) is 32.7 Å². The fourth-order valence-corrected chi connectivity index (χ4v) is 2.84. The second-order valence-corrected chi connectivity index (χ2v) is 6.25. The fourth-order valence-electron chi connectivity index (χ4n) is 2.30. The third-order valence-electron chi connectivity index (χ3n) is 3.41. The van der Waals surface area contributed by atoms with Crippen molar-refractivity contribution in [1.29, 1.82) is 0 Å². The molecule has 132 valence electrons. The van der Waals surface area contributed by atoms with E-state index in [1.165, 1.54) is 13.2 Å². The molecule has 0 radical (unpaired) electrons. The van der Waals surface area contributed by atoms with Gasteiger partial charge in [-0.25, -0.2) is 4.79 Å². The molecule has 25 heavy (non-hydrogen) atoms. The van der Waals surface area contributed by atoms with Gasteiger partial charge >= 0.3 is 5.97 Å². The lowest BCUT2D eigenvalue weighted by Gasteiger charge is -2.12. The largest absolute Gasteiger partial charge is 0.496 e. The van der Waals surface area contributed by atoms with Crippen LogP contribution in [0.5, 0.6) is 5.75 Å². The van der Waals surface area contributed by atoms with Crippen molar-refractivity contribution in [3.05, 3.63) is 57.1 Å². The molecule has 1 N–H and O–H groups in total. The van der Waals surface area contributed by atoms with E-state index in [9.17, 15) is 9.59 Å². The first kappa shape index (κ1) is 19.1. The van der Waals surface area contributed by atoms with Gasteiger partial charge in [-0.15, -0.1) is 0 Å².